The molecule has 5 N–H and O–H groups in total. The number of aliphatic hydroxyl groups is 2. The first kappa shape index (κ1) is 46.0. The quantitative estimate of drug-likeness (QED) is 0.178. The zero-order valence-corrected chi connectivity index (χ0v) is 35.9. The lowest BCUT2D eigenvalue weighted by Gasteiger charge is -2.38. The summed E-state index contributed by atoms with van der Waals surface area (Å²) >= 11 is 0. The minimum Gasteiger partial charge on any atom is -0.507 e. The van der Waals surface area contributed by atoms with E-state index in [2.05, 4.69) is 5.32 Å². The molecule has 15 heteroatoms. The van der Waals surface area contributed by atoms with Crippen molar-refractivity contribution < 1.29 is 63.3 Å². The van der Waals surface area contributed by atoms with Crippen molar-refractivity contribution in [2.24, 2.45) is 23.7 Å². The Hall–Kier alpha value is -5.12. The van der Waals surface area contributed by atoms with Gasteiger partial charge in [0, 0.05) is 80.3 Å². The van der Waals surface area contributed by atoms with Crippen molar-refractivity contribution in [3.63, 3.8) is 0 Å². The number of carbonyl (C=O) groups excluding carboxylic acids is 4. The topological polar surface area (TPSA) is 211 Å². The van der Waals surface area contributed by atoms with E-state index < -0.39 is 89.6 Å². The molecule has 0 aliphatic carbocycles. The average molecular weight is 837 g/mol. The van der Waals surface area contributed by atoms with Gasteiger partial charge in [0.1, 0.15) is 23.4 Å². The molecule has 328 valence electrons. The Balaban J connectivity index is 1.66. The maximum absolute atomic E-state index is 14.5. The fraction of sp³-hybridized carbons (Fsp3) is 0.556. The summed E-state index contributed by atoms with van der Waals surface area (Å²) in [6.45, 7) is 13.3. The predicted octanol–water partition coefficient (Wildman–Crippen LogP) is 5.83. The zero-order chi connectivity index (χ0) is 44.2. The highest BCUT2D eigenvalue weighted by Crippen LogP contribution is 2.54. The molecule has 0 aromatic heterocycles. The molecule has 4 heterocycles. The Bertz CT molecular complexity index is 2050. The van der Waals surface area contributed by atoms with Gasteiger partial charge in [-0.05, 0) is 32.8 Å². The lowest BCUT2D eigenvalue weighted by molar-refractivity contribution is -0.160. The van der Waals surface area contributed by atoms with Crippen molar-refractivity contribution in [2.45, 2.75) is 111 Å². The third-order valence-electron chi connectivity index (χ3n) is 12.1. The van der Waals surface area contributed by atoms with E-state index in [0.29, 0.717) is 13.1 Å². The number of carbonyl (C=O) groups is 4. The maximum atomic E-state index is 14.5. The minimum absolute atomic E-state index is 0.0446. The van der Waals surface area contributed by atoms with Gasteiger partial charge < -0.3 is 54.3 Å². The van der Waals surface area contributed by atoms with Gasteiger partial charge in [-0.1, -0.05) is 58.8 Å². The van der Waals surface area contributed by atoms with E-state index in [-0.39, 0.29) is 50.6 Å². The number of benzene rings is 2. The first-order valence-corrected chi connectivity index (χ1v) is 20.6. The Morgan fingerprint density at radius 1 is 0.933 bits per heavy atom. The molecule has 4 aliphatic rings. The number of ketones is 1. The largest absolute Gasteiger partial charge is 0.507 e. The molecule has 15 nitrogen and oxygen atoms in total. The van der Waals surface area contributed by atoms with Gasteiger partial charge in [0.05, 0.1) is 41.2 Å². The van der Waals surface area contributed by atoms with E-state index in [1.807, 2.05) is 0 Å². The number of hydrogen-bond acceptors (Lipinski definition) is 13. The predicted molar refractivity (Wildman–Crippen MR) is 223 cm³/mol. The highest BCUT2D eigenvalue weighted by atomic mass is 16.7. The highest BCUT2D eigenvalue weighted by Gasteiger charge is 2.50. The number of phenols is 2. The van der Waals surface area contributed by atoms with Crippen LogP contribution in [-0.4, -0.2) is 106 Å². The van der Waals surface area contributed by atoms with E-state index in [1.54, 1.807) is 44.7 Å². The van der Waals surface area contributed by atoms with Crippen LogP contribution in [0.2, 0.25) is 0 Å². The number of allylic oxidation sites excluding steroid dienone is 2. The SMILES string of the molecule is CO[C@H]1/C=C/O[C@@]2(C)Oc3c(C)c(O)c4c(O)c(cc(OCC(=O)N5CCCCCC5)c4c3C2=O)NC(=O)/C(C)=C\C=C\[C@H](C)[C@H](O)[C@@H](C)[C@@H](O)[C@@H](C)[C@H](OC(C)=O)[C@@H]1C. The number of methoxy groups -OCH3 is 1. The van der Waals surface area contributed by atoms with Gasteiger partial charge in [0.25, 0.3) is 17.6 Å². The number of fused-ring (bicyclic) bond motifs is 14. The van der Waals surface area contributed by atoms with E-state index in [4.69, 9.17) is 23.7 Å². The van der Waals surface area contributed by atoms with Crippen LogP contribution < -0.4 is 14.8 Å². The fourth-order valence-corrected chi connectivity index (χ4v) is 8.30. The number of aromatic hydroxyl groups is 2. The number of nitrogens with zero attached hydrogens (tertiary/aromatic N) is 1. The lowest BCUT2D eigenvalue weighted by Crippen LogP contribution is -2.46. The van der Waals surface area contributed by atoms with Gasteiger partial charge in [-0.2, -0.15) is 0 Å². The Kier molecular flexibility index (Phi) is 14.6. The van der Waals surface area contributed by atoms with Crippen LogP contribution in [0, 0.1) is 30.6 Å². The van der Waals surface area contributed by atoms with Crippen molar-refractivity contribution >= 4 is 40.0 Å². The van der Waals surface area contributed by atoms with Crippen LogP contribution in [-0.2, 0) is 28.6 Å². The molecule has 2 aromatic carbocycles. The number of rotatable bonds is 5. The van der Waals surface area contributed by atoms with Gasteiger partial charge in [-0.15, -0.1) is 0 Å². The minimum atomic E-state index is -2.02. The number of hydrogen-bond donors (Lipinski definition) is 5. The smallest absolute Gasteiger partial charge is 0.312 e. The van der Waals surface area contributed by atoms with Gasteiger partial charge >= 0.3 is 11.8 Å². The van der Waals surface area contributed by atoms with Crippen LogP contribution in [0.15, 0.2) is 42.2 Å². The normalized spacial score (nSPS) is 31.3. The Labute approximate surface area is 351 Å². The second-order valence-corrected chi connectivity index (χ2v) is 16.5. The van der Waals surface area contributed by atoms with Crippen molar-refractivity contribution in [1.29, 1.82) is 0 Å². The van der Waals surface area contributed by atoms with Crippen molar-refractivity contribution in [3.05, 3.63) is 53.3 Å². The molecule has 2 amide bonds. The lowest BCUT2D eigenvalue weighted by atomic mass is 9.78. The van der Waals surface area contributed by atoms with Gasteiger partial charge in [0.15, 0.2) is 12.4 Å². The third kappa shape index (κ3) is 9.43. The molecule has 1 fully saturated rings. The molecule has 1 saturated heterocycles. The van der Waals surface area contributed by atoms with Crippen LogP contribution in [0.1, 0.15) is 90.1 Å². The van der Waals surface area contributed by atoms with Crippen molar-refractivity contribution in [3.8, 4) is 23.0 Å². The molecular formula is C45H60N2O13. The van der Waals surface area contributed by atoms with Gasteiger partial charge in [-0.3, -0.25) is 19.2 Å². The number of ether oxygens (including phenoxy) is 5. The number of Topliss-reactive ketones (excluding diaryl/α,β-unsaturated/α-hetero) is 1. The van der Waals surface area contributed by atoms with E-state index >= 15 is 0 Å². The number of anilines is 1. The average Bonchev–Trinajstić information content (AvgIpc) is 3.35. The summed E-state index contributed by atoms with van der Waals surface area (Å²) in [5, 5.41) is 48.6. The van der Waals surface area contributed by atoms with Crippen LogP contribution in [0.5, 0.6) is 23.0 Å². The molecule has 6 rings (SSSR count). The Morgan fingerprint density at radius 3 is 2.23 bits per heavy atom. The summed E-state index contributed by atoms with van der Waals surface area (Å²) in [4.78, 5) is 55.6. The number of likely N-dealkylation sites (tertiary alicyclic amines) is 1. The molecular weight excluding hydrogens is 776 g/mol. The second-order valence-electron chi connectivity index (χ2n) is 16.5. The first-order chi connectivity index (χ1) is 28.3. The molecule has 0 spiro atoms. The van der Waals surface area contributed by atoms with Gasteiger partial charge in [0.2, 0.25) is 0 Å². The summed E-state index contributed by atoms with van der Waals surface area (Å²) in [7, 11) is 1.44. The Morgan fingerprint density at radius 2 is 1.60 bits per heavy atom. The first-order valence-electron chi connectivity index (χ1n) is 20.6. The highest BCUT2D eigenvalue weighted by molar-refractivity contribution is 6.21. The summed E-state index contributed by atoms with van der Waals surface area (Å²) in [6.07, 6.45) is 7.37. The molecule has 4 aliphatic heterocycles. The number of esters is 1. The van der Waals surface area contributed by atoms with Crippen molar-refractivity contribution in [1.82, 2.24) is 4.90 Å². The molecule has 0 radical (unpaired) electrons. The summed E-state index contributed by atoms with van der Waals surface area (Å²) in [6, 6.07) is 1.29. The summed E-state index contributed by atoms with van der Waals surface area (Å²) in [5.74, 6) is -7.83. The number of aliphatic hydroxyl groups excluding tert-OH is 2. The molecule has 5 bridgehead atoms. The van der Waals surface area contributed by atoms with E-state index in [9.17, 15) is 39.6 Å². The number of nitrogens with one attached hydrogen (secondary N) is 1. The van der Waals surface area contributed by atoms with Crippen LogP contribution in [0.25, 0.3) is 10.8 Å². The second kappa shape index (κ2) is 19.1. The number of amides is 2. The van der Waals surface area contributed by atoms with Crippen LogP contribution in [0.3, 0.4) is 0 Å². The number of phenolic OH excluding ortho intramolecular Hbond substituents is 2. The van der Waals surface area contributed by atoms with Crippen LogP contribution in [0.4, 0.5) is 5.69 Å². The van der Waals surface area contributed by atoms with Gasteiger partial charge in [-0.25, -0.2) is 0 Å². The molecule has 2 aromatic rings. The molecule has 60 heavy (non-hydrogen) atoms. The van der Waals surface area contributed by atoms with Crippen LogP contribution >= 0.6 is 0 Å². The van der Waals surface area contributed by atoms with E-state index in [0.717, 1.165) is 25.7 Å². The summed E-state index contributed by atoms with van der Waals surface area (Å²) in [5.41, 5.74) is 0.0423. The maximum Gasteiger partial charge on any atom is 0.312 e. The molecule has 0 saturated carbocycles. The van der Waals surface area contributed by atoms with E-state index in [1.165, 1.54) is 59.3 Å². The monoisotopic (exact) mass is 836 g/mol. The third-order valence-corrected chi connectivity index (χ3v) is 12.1. The zero-order valence-electron chi connectivity index (χ0n) is 35.9. The molecule has 9 atom stereocenters. The standard InChI is InChI=1S/C45H60N2O13/c1-23-15-14-16-24(2)44(55)46-30-21-32(57-22-33(49)47-18-12-10-11-13-19-47)34-35(40(30)53)39(52)28(6)42-36(34)43(54)45(8,60-42)58-20-17-31(56-9)25(3)41(59-29(7)48)27(5)38(51)26(4)37(23)50/h14-17,20-21,23,25-27,31,37-38,41,50-53H,10-13,18-19,22H2,1-9H3,(H,46,55)/b15-14+,20-17+,24-16-/t23-,25+,26+,27+,31-,37-,38+,41+,45-/m0/s1. The molecule has 0 unspecified atom stereocenters. The van der Waals surface area contributed by atoms with Crippen molar-refractivity contribution in [2.75, 3.05) is 32.1 Å². The summed E-state index contributed by atoms with van der Waals surface area (Å²) < 4.78 is 29.9. The fourth-order valence-electron chi connectivity index (χ4n) is 8.30.